The van der Waals surface area contributed by atoms with Crippen molar-refractivity contribution in [3.05, 3.63) is 70.8 Å². The standard InChI is InChI=1S/C22H28O3/c1-22(2,3)19-12-6-17(7-13-19)9-15-20(23)14-8-16-4-10-18(11-5-16)21(24)25/h4-7,10-13,20,23H,8-9,14-15H2,1-3H3,(H,24,25). The minimum Gasteiger partial charge on any atom is -0.478 e. The maximum Gasteiger partial charge on any atom is 0.335 e. The van der Waals surface area contributed by atoms with E-state index in [9.17, 15) is 9.90 Å². The van der Waals surface area contributed by atoms with E-state index in [0.29, 0.717) is 12.0 Å². The van der Waals surface area contributed by atoms with Crippen molar-refractivity contribution in [2.75, 3.05) is 0 Å². The number of benzene rings is 2. The van der Waals surface area contributed by atoms with Crippen molar-refractivity contribution in [3.8, 4) is 0 Å². The normalized spacial score (nSPS) is 12.8. The van der Waals surface area contributed by atoms with Crippen LogP contribution in [0.15, 0.2) is 48.5 Å². The molecule has 134 valence electrons. The molecular weight excluding hydrogens is 312 g/mol. The monoisotopic (exact) mass is 340 g/mol. The fraction of sp³-hybridized carbons (Fsp3) is 0.409. The molecule has 25 heavy (non-hydrogen) atoms. The zero-order valence-electron chi connectivity index (χ0n) is 15.3. The predicted molar refractivity (Wildman–Crippen MR) is 101 cm³/mol. The van der Waals surface area contributed by atoms with E-state index in [1.54, 1.807) is 12.1 Å². The van der Waals surface area contributed by atoms with Crippen LogP contribution in [0.4, 0.5) is 0 Å². The second-order valence-electron chi connectivity index (χ2n) is 7.68. The maximum atomic E-state index is 10.8. The fourth-order valence-electron chi connectivity index (χ4n) is 2.80. The first-order chi connectivity index (χ1) is 11.8. The van der Waals surface area contributed by atoms with Gasteiger partial charge in [-0.1, -0.05) is 57.2 Å². The molecule has 0 aliphatic carbocycles. The van der Waals surface area contributed by atoms with E-state index in [1.165, 1.54) is 11.1 Å². The van der Waals surface area contributed by atoms with Gasteiger partial charge in [-0.15, -0.1) is 0 Å². The van der Waals surface area contributed by atoms with Crippen molar-refractivity contribution < 1.29 is 15.0 Å². The SMILES string of the molecule is CC(C)(C)c1ccc(CCC(O)CCc2ccc(C(=O)O)cc2)cc1. The van der Waals surface area contributed by atoms with Crippen molar-refractivity contribution in [3.63, 3.8) is 0 Å². The lowest BCUT2D eigenvalue weighted by molar-refractivity contribution is 0.0697. The summed E-state index contributed by atoms with van der Waals surface area (Å²) < 4.78 is 0. The Morgan fingerprint density at radius 1 is 0.880 bits per heavy atom. The van der Waals surface area contributed by atoms with Gasteiger partial charge in [-0.05, 0) is 59.9 Å². The third-order valence-electron chi connectivity index (χ3n) is 4.55. The van der Waals surface area contributed by atoms with Crippen LogP contribution in [-0.2, 0) is 18.3 Å². The number of aliphatic hydroxyl groups excluding tert-OH is 1. The first kappa shape index (κ1) is 19.2. The molecule has 0 saturated heterocycles. The van der Waals surface area contributed by atoms with Gasteiger partial charge < -0.3 is 10.2 Å². The Morgan fingerprint density at radius 3 is 1.72 bits per heavy atom. The van der Waals surface area contributed by atoms with Gasteiger partial charge in [-0.2, -0.15) is 0 Å². The van der Waals surface area contributed by atoms with Crippen LogP contribution in [0.2, 0.25) is 0 Å². The van der Waals surface area contributed by atoms with Crippen LogP contribution in [0.1, 0.15) is 60.7 Å². The summed E-state index contributed by atoms with van der Waals surface area (Å²) >= 11 is 0. The van der Waals surface area contributed by atoms with Crippen molar-refractivity contribution in [1.82, 2.24) is 0 Å². The number of carbonyl (C=O) groups is 1. The highest BCUT2D eigenvalue weighted by Crippen LogP contribution is 2.22. The van der Waals surface area contributed by atoms with Crippen LogP contribution in [0.25, 0.3) is 0 Å². The molecule has 0 radical (unpaired) electrons. The summed E-state index contributed by atoms with van der Waals surface area (Å²) in [5.41, 5.74) is 4.08. The van der Waals surface area contributed by atoms with Crippen molar-refractivity contribution in [1.29, 1.82) is 0 Å². The van der Waals surface area contributed by atoms with Gasteiger partial charge in [0, 0.05) is 0 Å². The summed E-state index contributed by atoms with van der Waals surface area (Å²) in [6.07, 6.45) is 2.70. The molecule has 3 nitrogen and oxygen atoms in total. The number of aryl methyl sites for hydroxylation is 2. The number of hydrogen-bond donors (Lipinski definition) is 2. The quantitative estimate of drug-likeness (QED) is 0.774. The van der Waals surface area contributed by atoms with E-state index >= 15 is 0 Å². The highest BCUT2D eigenvalue weighted by atomic mass is 16.4. The summed E-state index contributed by atoms with van der Waals surface area (Å²) in [6.45, 7) is 6.61. The highest BCUT2D eigenvalue weighted by molar-refractivity contribution is 5.87. The minimum atomic E-state index is -0.913. The van der Waals surface area contributed by atoms with Gasteiger partial charge in [0.2, 0.25) is 0 Å². The molecule has 2 N–H and O–H groups in total. The molecule has 0 aliphatic heterocycles. The Labute approximate surface area is 150 Å². The van der Waals surface area contributed by atoms with E-state index in [0.717, 1.165) is 24.8 Å². The molecule has 0 fully saturated rings. The zero-order valence-corrected chi connectivity index (χ0v) is 15.3. The average Bonchev–Trinajstić information content (AvgIpc) is 2.58. The number of rotatable bonds is 7. The Kier molecular flexibility index (Phi) is 6.38. The van der Waals surface area contributed by atoms with E-state index < -0.39 is 5.97 Å². The van der Waals surface area contributed by atoms with Crippen molar-refractivity contribution in [2.24, 2.45) is 0 Å². The van der Waals surface area contributed by atoms with E-state index in [-0.39, 0.29) is 11.5 Å². The van der Waals surface area contributed by atoms with Crippen molar-refractivity contribution in [2.45, 2.75) is 58.0 Å². The molecule has 2 aromatic carbocycles. The topological polar surface area (TPSA) is 57.5 Å². The second kappa shape index (κ2) is 8.30. The van der Waals surface area contributed by atoms with Gasteiger partial charge in [-0.3, -0.25) is 0 Å². The maximum absolute atomic E-state index is 10.8. The molecule has 1 atom stereocenters. The summed E-state index contributed by atoms with van der Waals surface area (Å²) in [5.74, 6) is -0.913. The summed E-state index contributed by atoms with van der Waals surface area (Å²) in [7, 11) is 0. The third kappa shape index (κ3) is 6.02. The van der Waals surface area contributed by atoms with Gasteiger partial charge in [0.15, 0.2) is 0 Å². The minimum absolute atomic E-state index is 0.161. The van der Waals surface area contributed by atoms with Crippen LogP contribution >= 0.6 is 0 Å². The van der Waals surface area contributed by atoms with Crippen LogP contribution in [0.5, 0.6) is 0 Å². The number of carboxylic acids is 1. The molecule has 2 aromatic rings. The summed E-state index contributed by atoms with van der Waals surface area (Å²) in [5, 5.41) is 19.1. The van der Waals surface area contributed by atoms with Gasteiger partial charge >= 0.3 is 5.97 Å². The lowest BCUT2D eigenvalue weighted by atomic mass is 9.86. The van der Waals surface area contributed by atoms with Crippen molar-refractivity contribution >= 4 is 5.97 Å². The summed E-state index contributed by atoms with van der Waals surface area (Å²) in [4.78, 5) is 10.8. The van der Waals surface area contributed by atoms with E-state index in [1.807, 2.05) is 12.1 Å². The zero-order chi connectivity index (χ0) is 18.4. The fourth-order valence-corrected chi connectivity index (χ4v) is 2.80. The second-order valence-corrected chi connectivity index (χ2v) is 7.68. The van der Waals surface area contributed by atoms with Crippen LogP contribution in [0.3, 0.4) is 0 Å². The average molecular weight is 340 g/mol. The van der Waals surface area contributed by atoms with Gasteiger partial charge in [-0.25, -0.2) is 4.79 Å². The Morgan fingerprint density at radius 2 is 1.32 bits per heavy atom. The number of aromatic carboxylic acids is 1. The Hall–Kier alpha value is -2.13. The summed E-state index contributed by atoms with van der Waals surface area (Å²) in [6, 6.07) is 15.5. The highest BCUT2D eigenvalue weighted by Gasteiger charge is 2.13. The third-order valence-corrected chi connectivity index (χ3v) is 4.55. The molecule has 1 unspecified atom stereocenters. The smallest absolute Gasteiger partial charge is 0.335 e. The molecular formula is C22H28O3. The first-order valence-electron chi connectivity index (χ1n) is 8.85. The molecule has 2 rings (SSSR count). The molecule has 3 heteroatoms. The first-order valence-corrected chi connectivity index (χ1v) is 8.85. The predicted octanol–water partition coefficient (Wildman–Crippen LogP) is 4.61. The lowest BCUT2D eigenvalue weighted by Gasteiger charge is -2.19. The van der Waals surface area contributed by atoms with Crippen LogP contribution in [-0.4, -0.2) is 22.3 Å². The number of aliphatic hydroxyl groups is 1. The van der Waals surface area contributed by atoms with Crippen LogP contribution in [0, 0.1) is 0 Å². The largest absolute Gasteiger partial charge is 0.478 e. The van der Waals surface area contributed by atoms with Gasteiger partial charge in [0.1, 0.15) is 0 Å². The Balaban J connectivity index is 1.78. The molecule has 0 spiro atoms. The van der Waals surface area contributed by atoms with E-state index in [2.05, 4.69) is 45.0 Å². The van der Waals surface area contributed by atoms with Crippen LogP contribution < -0.4 is 0 Å². The molecule has 0 saturated carbocycles. The molecule has 0 aliphatic rings. The Bertz CT molecular complexity index is 679. The lowest BCUT2D eigenvalue weighted by Crippen LogP contribution is -2.11. The molecule has 0 heterocycles. The van der Waals surface area contributed by atoms with Gasteiger partial charge in [0.05, 0.1) is 11.7 Å². The molecule has 0 bridgehead atoms. The number of carboxylic acid groups (broad SMARTS) is 1. The molecule has 0 aromatic heterocycles. The van der Waals surface area contributed by atoms with Gasteiger partial charge in [0.25, 0.3) is 0 Å². The number of hydrogen-bond acceptors (Lipinski definition) is 2. The molecule has 0 amide bonds. The van der Waals surface area contributed by atoms with E-state index in [4.69, 9.17) is 5.11 Å².